The van der Waals surface area contributed by atoms with Gasteiger partial charge < -0.3 is 10.1 Å². The number of para-hydroxylation sites is 1. The van der Waals surface area contributed by atoms with Gasteiger partial charge in [-0.15, -0.1) is 11.3 Å². The number of amides is 1. The molecular formula is C22H27NO3S. The van der Waals surface area contributed by atoms with E-state index in [1.165, 1.54) is 21.8 Å². The SMILES string of the molecule is Cc1ccccc1NC(=O)COC(=O)c1cc2c(s1)CC[C@H](C(C)(C)C)C2. The van der Waals surface area contributed by atoms with Gasteiger partial charge in [-0.1, -0.05) is 39.0 Å². The van der Waals surface area contributed by atoms with Crippen molar-refractivity contribution in [3.63, 3.8) is 0 Å². The Bertz CT molecular complexity index is 847. The van der Waals surface area contributed by atoms with E-state index in [0.29, 0.717) is 10.8 Å². The number of rotatable bonds is 4. The number of hydrogen-bond donors (Lipinski definition) is 1. The van der Waals surface area contributed by atoms with Crippen LogP contribution in [-0.2, 0) is 22.4 Å². The van der Waals surface area contributed by atoms with Gasteiger partial charge in [0.25, 0.3) is 5.91 Å². The number of carbonyl (C=O) groups excluding carboxylic acids is 2. The minimum Gasteiger partial charge on any atom is -0.451 e. The van der Waals surface area contributed by atoms with Crippen molar-refractivity contribution >= 4 is 28.9 Å². The Hall–Kier alpha value is -2.14. The number of esters is 1. The Morgan fingerprint density at radius 3 is 2.70 bits per heavy atom. The van der Waals surface area contributed by atoms with Crippen molar-refractivity contribution in [2.24, 2.45) is 11.3 Å². The summed E-state index contributed by atoms with van der Waals surface area (Å²) in [4.78, 5) is 26.3. The average molecular weight is 386 g/mol. The Morgan fingerprint density at radius 1 is 1.26 bits per heavy atom. The highest BCUT2D eigenvalue weighted by Gasteiger charge is 2.30. The Kier molecular flexibility index (Phi) is 5.70. The summed E-state index contributed by atoms with van der Waals surface area (Å²) in [6.45, 7) is 8.47. The molecule has 0 saturated carbocycles. The second-order valence-electron chi connectivity index (χ2n) is 8.30. The number of thiophene rings is 1. The number of hydrogen-bond acceptors (Lipinski definition) is 4. The van der Waals surface area contributed by atoms with Crippen molar-refractivity contribution in [3.8, 4) is 0 Å². The zero-order valence-corrected chi connectivity index (χ0v) is 17.2. The van der Waals surface area contributed by atoms with E-state index in [1.54, 1.807) is 0 Å². The van der Waals surface area contributed by atoms with Crippen molar-refractivity contribution in [2.45, 2.75) is 47.0 Å². The highest BCUT2D eigenvalue weighted by atomic mass is 32.1. The lowest BCUT2D eigenvalue weighted by Crippen LogP contribution is -2.26. The molecule has 0 aliphatic heterocycles. The lowest BCUT2D eigenvalue weighted by molar-refractivity contribution is -0.119. The minimum atomic E-state index is -0.415. The van der Waals surface area contributed by atoms with Gasteiger partial charge in [-0.3, -0.25) is 4.79 Å². The molecule has 1 aromatic heterocycles. The molecule has 1 heterocycles. The molecule has 5 heteroatoms. The topological polar surface area (TPSA) is 55.4 Å². The van der Waals surface area contributed by atoms with E-state index < -0.39 is 5.97 Å². The zero-order valence-electron chi connectivity index (χ0n) is 16.4. The van der Waals surface area contributed by atoms with Crippen LogP contribution in [-0.4, -0.2) is 18.5 Å². The van der Waals surface area contributed by atoms with E-state index >= 15 is 0 Å². The number of ether oxygens (including phenoxy) is 1. The lowest BCUT2D eigenvalue weighted by Gasteiger charge is -2.33. The Balaban J connectivity index is 1.57. The summed E-state index contributed by atoms with van der Waals surface area (Å²) < 4.78 is 5.23. The smallest absolute Gasteiger partial charge is 0.348 e. The van der Waals surface area contributed by atoms with E-state index in [1.807, 2.05) is 37.3 Å². The molecule has 4 nitrogen and oxygen atoms in total. The van der Waals surface area contributed by atoms with Crippen LogP contribution in [0.4, 0.5) is 5.69 Å². The summed E-state index contributed by atoms with van der Waals surface area (Å²) in [6.07, 6.45) is 3.18. The largest absolute Gasteiger partial charge is 0.451 e. The predicted octanol–water partition coefficient (Wildman–Crippen LogP) is 5.00. The first kappa shape index (κ1) is 19.6. The van der Waals surface area contributed by atoms with Gasteiger partial charge in [-0.05, 0) is 60.8 Å². The molecule has 0 bridgehead atoms. The molecule has 0 spiro atoms. The van der Waals surface area contributed by atoms with Crippen LogP contribution in [0.5, 0.6) is 0 Å². The molecule has 1 aromatic carbocycles. The first-order chi connectivity index (χ1) is 12.7. The van der Waals surface area contributed by atoms with Crippen LogP contribution in [0.1, 0.15) is 52.9 Å². The molecule has 0 unspecified atom stereocenters. The predicted molar refractivity (Wildman–Crippen MR) is 109 cm³/mol. The monoisotopic (exact) mass is 385 g/mol. The fourth-order valence-electron chi connectivity index (χ4n) is 3.47. The first-order valence-corrected chi connectivity index (χ1v) is 10.2. The number of anilines is 1. The molecule has 0 fully saturated rings. The van der Waals surface area contributed by atoms with Gasteiger partial charge in [0.05, 0.1) is 0 Å². The average Bonchev–Trinajstić information content (AvgIpc) is 3.04. The number of aryl methyl sites for hydroxylation is 2. The van der Waals surface area contributed by atoms with Gasteiger partial charge >= 0.3 is 5.97 Å². The molecule has 27 heavy (non-hydrogen) atoms. The number of benzene rings is 1. The highest BCUT2D eigenvalue weighted by molar-refractivity contribution is 7.14. The maximum atomic E-state index is 12.4. The summed E-state index contributed by atoms with van der Waals surface area (Å²) >= 11 is 1.51. The fraction of sp³-hybridized carbons (Fsp3) is 0.455. The first-order valence-electron chi connectivity index (χ1n) is 9.38. The van der Waals surface area contributed by atoms with Crippen LogP contribution in [0.2, 0.25) is 0 Å². The van der Waals surface area contributed by atoms with Gasteiger partial charge in [0, 0.05) is 10.6 Å². The molecule has 0 saturated heterocycles. The van der Waals surface area contributed by atoms with Gasteiger partial charge in [0.2, 0.25) is 0 Å². The fourth-order valence-corrected chi connectivity index (χ4v) is 4.57. The maximum absolute atomic E-state index is 12.4. The van der Waals surface area contributed by atoms with Crippen LogP contribution in [0, 0.1) is 18.3 Å². The number of nitrogens with one attached hydrogen (secondary N) is 1. The van der Waals surface area contributed by atoms with Gasteiger partial charge in [0.15, 0.2) is 6.61 Å². The van der Waals surface area contributed by atoms with Crippen LogP contribution in [0.15, 0.2) is 30.3 Å². The van der Waals surface area contributed by atoms with Gasteiger partial charge in [-0.2, -0.15) is 0 Å². The van der Waals surface area contributed by atoms with Crippen molar-refractivity contribution in [2.75, 3.05) is 11.9 Å². The minimum absolute atomic E-state index is 0.272. The van der Waals surface area contributed by atoms with E-state index in [-0.39, 0.29) is 17.9 Å². The van der Waals surface area contributed by atoms with Crippen LogP contribution in [0.25, 0.3) is 0 Å². The lowest BCUT2D eigenvalue weighted by atomic mass is 9.72. The molecule has 0 radical (unpaired) electrons. The van der Waals surface area contributed by atoms with Crippen LogP contribution in [0.3, 0.4) is 0 Å². The summed E-state index contributed by atoms with van der Waals surface area (Å²) in [6, 6.07) is 9.47. The van der Waals surface area contributed by atoms with E-state index in [4.69, 9.17) is 4.74 Å². The number of carbonyl (C=O) groups is 2. The van der Waals surface area contributed by atoms with E-state index in [2.05, 4.69) is 26.1 Å². The third kappa shape index (κ3) is 4.78. The molecule has 1 N–H and O–H groups in total. The maximum Gasteiger partial charge on any atom is 0.348 e. The van der Waals surface area contributed by atoms with Crippen molar-refractivity contribution in [3.05, 3.63) is 51.2 Å². The van der Waals surface area contributed by atoms with Crippen molar-refractivity contribution in [1.82, 2.24) is 0 Å². The third-order valence-corrected chi connectivity index (χ3v) is 6.48. The second kappa shape index (κ2) is 7.85. The van der Waals surface area contributed by atoms with Gasteiger partial charge in [-0.25, -0.2) is 4.79 Å². The van der Waals surface area contributed by atoms with E-state index in [9.17, 15) is 9.59 Å². The molecule has 1 amide bonds. The normalized spacial score (nSPS) is 16.5. The zero-order chi connectivity index (χ0) is 19.6. The quantitative estimate of drug-likeness (QED) is 0.753. The molecule has 2 aromatic rings. The molecular weight excluding hydrogens is 358 g/mol. The second-order valence-corrected chi connectivity index (χ2v) is 9.44. The third-order valence-electron chi connectivity index (χ3n) is 5.26. The number of fused-ring (bicyclic) bond motifs is 1. The van der Waals surface area contributed by atoms with Crippen molar-refractivity contribution in [1.29, 1.82) is 0 Å². The van der Waals surface area contributed by atoms with E-state index in [0.717, 1.165) is 30.5 Å². The molecule has 1 aliphatic carbocycles. The van der Waals surface area contributed by atoms with Crippen LogP contribution < -0.4 is 5.32 Å². The molecule has 1 atom stereocenters. The molecule has 3 rings (SSSR count). The Morgan fingerprint density at radius 2 is 2.00 bits per heavy atom. The molecule has 144 valence electrons. The summed E-state index contributed by atoms with van der Waals surface area (Å²) in [5.74, 6) is -0.114. The van der Waals surface area contributed by atoms with Gasteiger partial charge in [0.1, 0.15) is 4.88 Å². The summed E-state index contributed by atoms with van der Waals surface area (Å²) in [7, 11) is 0. The summed E-state index contributed by atoms with van der Waals surface area (Å²) in [5.41, 5.74) is 3.24. The van der Waals surface area contributed by atoms with Crippen LogP contribution >= 0.6 is 11.3 Å². The summed E-state index contributed by atoms with van der Waals surface area (Å²) in [5, 5.41) is 2.78. The standard InChI is InChI=1S/C22H27NO3S/c1-14-7-5-6-8-17(14)23-20(24)13-26-21(25)19-12-15-11-16(22(2,3)4)9-10-18(15)27-19/h5-8,12,16H,9-11,13H2,1-4H3,(H,23,24)/t16-/m0/s1. The Labute approximate surface area is 164 Å². The highest BCUT2D eigenvalue weighted by Crippen LogP contribution is 2.40. The van der Waals surface area contributed by atoms with Crippen molar-refractivity contribution < 1.29 is 14.3 Å². The molecule has 1 aliphatic rings.